The molecule has 1 aromatic heterocycles. The summed E-state index contributed by atoms with van der Waals surface area (Å²) in [6, 6.07) is 4.71. The molecule has 0 atom stereocenters. The molecule has 2 rings (SSSR count). The lowest BCUT2D eigenvalue weighted by Gasteiger charge is -2.11. The Labute approximate surface area is 139 Å². The maximum Gasteiger partial charge on any atom is 0.275 e. The van der Waals surface area contributed by atoms with Gasteiger partial charge >= 0.3 is 0 Å². The Kier molecular flexibility index (Phi) is 5.47. The molecular weight excluding hydrogens is 336 g/mol. The average molecular weight is 354 g/mol. The molecule has 0 aliphatic rings. The third-order valence-electron chi connectivity index (χ3n) is 3.23. The van der Waals surface area contributed by atoms with E-state index in [1.54, 1.807) is 24.4 Å². The van der Waals surface area contributed by atoms with Gasteiger partial charge in [-0.15, -0.1) is 11.3 Å². The molecule has 0 aliphatic heterocycles. The molecular formula is C14H18N4O3S2. The van der Waals surface area contributed by atoms with Gasteiger partial charge in [-0.3, -0.25) is 4.79 Å². The van der Waals surface area contributed by atoms with E-state index >= 15 is 0 Å². The van der Waals surface area contributed by atoms with E-state index in [2.05, 4.69) is 15.0 Å². The highest BCUT2D eigenvalue weighted by atomic mass is 32.2. The van der Waals surface area contributed by atoms with Gasteiger partial charge in [0.2, 0.25) is 10.0 Å². The number of carbonyl (C=O) groups excluding carboxylic acids is 1. The first-order chi connectivity index (χ1) is 10.9. The van der Waals surface area contributed by atoms with Crippen molar-refractivity contribution in [3.8, 4) is 0 Å². The van der Waals surface area contributed by atoms with Crippen molar-refractivity contribution in [2.75, 3.05) is 18.9 Å². The minimum Gasteiger partial charge on any atom is -0.330 e. The molecule has 1 amide bonds. The number of hydrogen-bond donors (Lipinski definition) is 3. The Hall–Kier alpha value is -1.81. The predicted octanol–water partition coefficient (Wildman–Crippen LogP) is 1.11. The Morgan fingerprint density at radius 2 is 2.13 bits per heavy atom. The molecule has 0 saturated carbocycles. The van der Waals surface area contributed by atoms with Crippen molar-refractivity contribution in [3.63, 3.8) is 0 Å². The highest BCUT2D eigenvalue weighted by Crippen LogP contribution is 2.23. The van der Waals surface area contributed by atoms with Crippen molar-refractivity contribution in [1.29, 1.82) is 0 Å². The number of anilines is 1. The van der Waals surface area contributed by atoms with E-state index in [0.29, 0.717) is 29.9 Å². The summed E-state index contributed by atoms with van der Waals surface area (Å²) >= 11 is 1.37. The second kappa shape index (κ2) is 7.18. The number of sulfonamides is 1. The summed E-state index contributed by atoms with van der Waals surface area (Å²) in [5.74, 6) is -0.383. The largest absolute Gasteiger partial charge is 0.330 e. The molecule has 9 heteroatoms. The molecule has 1 heterocycles. The summed E-state index contributed by atoms with van der Waals surface area (Å²) in [5.41, 5.74) is 6.65. The molecule has 2 aromatic rings. The van der Waals surface area contributed by atoms with Crippen LogP contribution in [0.2, 0.25) is 0 Å². The molecule has 0 spiro atoms. The number of benzene rings is 1. The number of aromatic nitrogens is 1. The molecule has 4 N–H and O–H groups in total. The zero-order valence-electron chi connectivity index (χ0n) is 12.8. The summed E-state index contributed by atoms with van der Waals surface area (Å²) in [5, 5.41) is 5.15. The fraction of sp³-hybridized carbons (Fsp3) is 0.286. The van der Waals surface area contributed by atoms with Gasteiger partial charge in [0.1, 0.15) is 5.69 Å². The SMILES string of the molecule is CNS(=O)(=O)c1cccc(NC(=O)c2csc(CCN)n2)c1C. The third kappa shape index (κ3) is 3.94. The molecule has 7 nitrogen and oxygen atoms in total. The summed E-state index contributed by atoms with van der Waals surface area (Å²) in [6.45, 7) is 2.11. The van der Waals surface area contributed by atoms with Crippen LogP contribution in [0.15, 0.2) is 28.5 Å². The molecule has 0 bridgehead atoms. The van der Waals surface area contributed by atoms with Crippen LogP contribution >= 0.6 is 11.3 Å². The van der Waals surface area contributed by atoms with Gasteiger partial charge < -0.3 is 11.1 Å². The summed E-state index contributed by atoms with van der Waals surface area (Å²) in [4.78, 5) is 16.6. The van der Waals surface area contributed by atoms with E-state index in [4.69, 9.17) is 5.73 Å². The van der Waals surface area contributed by atoms with Gasteiger partial charge in [0.05, 0.1) is 9.90 Å². The lowest BCUT2D eigenvalue weighted by Crippen LogP contribution is -2.21. The summed E-state index contributed by atoms with van der Waals surface area (Å²) < 4.78 is 26.2. The Bertz CT molecular complexity index is 815. The number of amides is 1. The van der Waals surface area contributed by atoms with Crippen LogP contribution in [0.3, 0.4) is 0 Å². The number of nitrogens with one attached hydrogen (secondary N) is 2. The van der Waals surface area contributed by atoms with Crippen LogP contribution in [0.4, 0.5) is 5.69 Å². The quantitative estimate of drug-likeness (QED) is 0.719. The molecule has 23 heavy (non-hydrogen) atoms. The predicted molar refractivity (Wildman–Crippen MR) is 90.3 cm³/mol. The monoisotopic (exact) mass is 354 g/mol. The van der Waals surface area contributed by atoms with Crippen LogP contribution in [-0.2, 0) is 16.4 Å². The van der Waals surface area contributed by atoms with E-state index in [1.165, 1.54) is 24.5 Å². The van der Waals surface area contributed by atoms with Gasteiger partial charge in [0, 0.05) is 17.5 Å². The van der Waals surface area contributed by atoms with Crippen molar-refractivity contribution in [1.82, 2.24) is 9.71 Å². The number of carbonyl (C=O) groups is 1. The van der Waals surface area contributed by atoms with Crippen LogP contribution in [0.25, 0.3) is 0 Å². The number of nitrogens with two attached hydrogens (primary N) is 1. The van der Waals surface area contributed by atoms with E-state index in [0.717, 1.165) is 5.01 Å². The number of rotatable bonds is 6. The second-order valence-electron chi connectivity index (χ2n) is 4.76. The minimum absolute atomic E-state index is 0.125. The van der Waals surface area contributed by atoms with Crippen molar-refractivity contribution in [2.45, 2.75) is 18.2 Å². The van der Waals surface area contributed by atoms with Crippen LogP contribution in [0.1, 0.15) is 21.1 Å². The van der Waals surface area contributed by atoms with Gasteiger partial charge in [-0.2, -0.15) is 0 Å². The number of hydrogen-bond acceptors (Lipinski definition) is 6. The molecule has 0 fully saturated rings. The van der Waals surface area contributed by atoms with E-state index in [-0.39, 0.29) is 10.8 Å². The van der Waals surface area contributed by atoms with Crippen molar-refractivity contribution in [2.24, 2.45) is 5.73 Å². The van der Waals surface area contributed by atoms with Gasteiger partial charge in [-0.05, 0) is 38.2 Å². The minimum atomic E-state index is -3.58. The lowest BCUT2D eigenvalue weighted by molar-refractivity contribution is 0.102. The fourth-order valence-corrected chi connectivity index (χ4v) is 3.78. The molecule has 0 unspecified atom stereocenters. The van der Waals surface area contributed by atoms with Crippen LogP contribution in [-0.4, -0.2) is 32.9 Å². The first kappa shape index (κ1) is 17.5. The molecule has 0 aliphatic carbocycles. The summed E-state index contributed by atoms with van der Waals surface area (Å²) in [7, 11) is -2.24. The normalized spacial score (nSPS) is 11.4. The van der Waals surface area contributed by atoms with Gasteiger partial charge in [0.25, 0.3) is 5.91 Å². The second-order valence-corrected chi connectivity index (χ2v) is 7.55. The van der Waals surface area contributed by atoms with E-state index < -0.39 is 10.0 Å². The maximum absolute atomic E-state index is 12.3. The van der Waals surface area contributed by atoms with E-state index in [9.17, 15) is 13.2 Å². The first-order valence-corrected chi connectivity index (χ1v) is 9.24. The number of thiazole rings is 1. The molecule has 0 saturated heterocycles. The molecule has 1 aromatic carbocycles. The zero-order valence-corrected chi connectivity index (χ0v) is 14.4. The first-order valence-electron chi connectivity index (χ1n) is 6.88. The highest BCUT2D eigenvalue weighted by molar-refractivity contribution is 7.89. The smallest absolute Gasteiger partial charge is 0.275 e. The Balaban J connectivity index is 2.26. The fourth-order valence-electron chi connectivity index (χ4n) is 1.99. The lowest BCUT2D eigenvalue weighted by atomic mass is 10.2. The topological polar surface area (TPSA) is 114 Å². The van der Waals surface area contributed by atoms with Crippen molar-refractivity contribution in [3.05, 3.63) is 39.8 Å². The zero-order chi connectivity index (χ0) is 17.0. The molecule has 124 valence electrons. The Morgan fingerprint density at radius 1 is 1.39 bits per heavy atom. The average Bonchev–Trinajstić information content (AvgIpc) is 2.98. The Morgan fingerprint density at radius 3 is 2.78 bits per heavy atom. The molecule has 0 radical (unpaired) electrons. The van der Waals surface area contributed by atoms with Gasteiger partial charge in [-0.25, -0.2) is 18.1 Å². The van der Waals surface area contributed by atoms with E-state index in [1.807, 2.05) is 0 Å². The van der Waals surface area contributed by atoms with Crippen LogP contribution in [0.5, 0.6) is 0 Å². The summed E-state index contributed by atoms with van der Waals surface area (Å²) in [6.07, 6.45) is 0.618. The van der Waals surface area contributed by atoms with Crippen LogP contribution < -0.4 is 15.8 Å². The van der Waals surface area contributed by atoms with Crippen LogP contribution in [0, 0.1) is 6.92 Å². The van der Waals surface area contributed by atoms with Crippen molar-refractivity contribution >= 4 is 33.0 Å². The van der Waals surface area contributed by atoms with Gasteiger partial charge in [-0.1, -0.05) is 6.07 Å². The maximum atomic E-state index is 12.3. The third-order valence-corrected chi connectivity index (χ3v) is 5.70. The number of nitrogens with zero attached hydrogens (tertiary/aromatic N) is 1. The standard InChI is InChI=1S/C14H18N4O3S2/c1-9-10(4-3-5-12(9)23(20,21)16-2)18-14(19)11-8-22-13(17-11)6-7-15/h3-5,8,16H,6-7,15H2,1-2H3,(H,18,19). The van der Waals surface area contributed by atoms with Crippen molar-refractivity contribution < 1.29 is 13.2 Å². The highest BCUT2D eigenvalue weighted by Gasteiger charge is 2.18. The van der Waals surface area contributed by atoms with Gasteiger partial charge in [0.15, 0.2) is 0 Å².